The van der Waals surface area contributed by atoms with Crippen molar-refractivity contribution in [3.05, 3.63) is 77.6 Å². The molecule has 0 saturated carbocycles. The molecular weight excluding hydrogens is 489 g/mol. The summed E-state index contributed by atoms with van der Waals surface area (Å²) >= 11 is 0. The molecule has 2 amide bonds. The van der Waals surface area contributed by atoms with E-state index in [0.29, 0.717) is 6.42 Å². The van der Waals surface area contributed by atoms with Crippen LogP contribution >= 0.6 is 0 Å². The molecule has 0 bridgehead atoms. The molecule has 0 aliphatic heterocycles. The van der Waals surface area contributed by atoms with Gasteiger partial charge in [0.25, 0.3) is 5.91 Å². The first-order valence-corrected chi connectivity index (χ1v) is 12.6. The highest BCUT2D eigenvalue weighted by molar-refractivity contribution is 7.86. The molecule has 2 aromatic carbocycles. The Balaban J connectivity index is 1.68. The molecule has 12 heteroatoms. The number of hydrogen-bond donors (Lipinski definition) is 1. The van der Waals surface area contributed by atoms with Gasteiger partial charge in [-0.05, 0) is 36.4 Å². The maximum Gasteiger partial charge on any atom is 0.306 e. The van der Waals surface area contributed by atoms with Crippen LogP contribution in [0.3, 0.4) is 0 Å². The van der Waals surface area contributed by atoms with Gasteiger partial charge in [-0.15, -0.1) is 0 Å². The largest absolute Gasteiger partial charge is 0.383 e. The molecule has 0 spiro atoms. The summed E-state index contributed by atoms with van der Waals surface area (Å²) in [6.07, 6.45) is 4.56. The monoisotopic (exact) mass is 513 g/mol. The van der Waals surface area contributed by atoms with Crippen LogP contribution in [-0.2, 0) is 28.4 Å². The number of rotatable bonds is 10. The average Bonchev–Trinajstić information content (AvgIpc) is 3.23. The molecule has 3 aromatic rings. The van der Waals surface area contributed by atoms with Crippen molar-refractivity contribution >= 4 is 27.6 Å². The second-order valence-corrected chi connectivity index (χ2v) is 9.46. The van der Waals surface area contributed by atoms with E-state index in [0.717, 1.165) is 18.0 Å². The second kappa shape index (κ2) is 11.5. The molecular formula is C24H24FN5O5S. The number of halogens is 1. The summed E-state index contributed by atoms with van der Waals surface area (Å²) < 4.78 is 43.5. The van der Waals surface area contributed by atoms with Gasteiger partial charge in [0.2, 0.25) is 5.91 Å². The van der Waals surface area contributed by atoms with Gasteiger partial charge in [-0.1, -0.05) is 6.07 Å². The van der Waals surface area contributed by atoms with Crippen LogP contribution in [-0.4, -0.2) is 49.1 Å². The molecule has 0 atom stereocenters. The van der Waals surface area contributed by atoms with Gasteiger partial charge in [0.05, 0.1) is 18.1 Å². The number of aromatic nitrogens is 2. The Morgan fingerprint density at radius 1 is 1.25 bits per heavy atom. The molecule has 1 heterocycles. The fourth-order valence-corrected chi connectivity index (χ4v) is 3.85. The summed E-state index contributed by atoms with van der Waals surface area (Å²) in [6.45, 7) is 0.207. The Morgan fingerprint density at radius 3 is 2.67 bits per heavy atom. The van der Waals surface area contributed by atoms with Crippen molar-refractivity contribution in [3.8, 4) is 11.8 Å². The van der Waals surface area contributed by atoms with Crippen molar-refractivity contribution in [1.82, 2.24) is 14.9 Å². The highest BCUT2D eigenvalue weighted by Crippen LogP contribution is 2.20. The first-order valence-electron chi connectivity index (χ1n) is 10.8. The minimum absolute atomic E-state index is 0.00888. The smallest absolute Gasteiger partial charge is 0.306 e. The van der Waals surface area contributed by atoms with E-state index in [2.05, 4.69) is 10.3 Å². The first kappa shape index (κ1) is 26.4. The van der Waals surface area contributed by atoms with Gasteiger partial charge in [0.1, 0.15) is 17.6 Å². The van der Waals surface area contributed by atoms with Crippen LogP contribution in [0.1, 0.15) is 28.0 Å². The zero-order valence-electron chi connectivity index (χ0n) is 19.6. The molecule has 3 rings (SSSR count). The molecule has 0 fully saturated rings. The van der Waals surface area contributed by atoms with Crippen LogP contribution in [0, 0.1) is 17.1 Å². The molecule has 36 heavy (non-hydrogen) atoms. The van der Waals surface area contributed by atoms with Gasteiger partial charge < -0.3 is 19.0 Å². The fourth-order valence-electron chi connectivity index (χ4n) is 3.40. The van der Waals surface area contributed by atoms with Crippen molar-refractivity contribution < 1.29 is 26.6 Å². The molecule has 0 saturated heterocycles. The number of aryl methyl sites for hydroxylation is 1. The van der Waals surface area contributed by atoms with Gasteiger partial charge >= 0.3 is 10.1 Å². The average molecular weight is 514 g/mol. The Labute approximate surface area is 208 Å². The lowest BCUT2D eigenvalue weighted by molar-refractivity contribution is -0.118. The van der Waals surface area contributed by atoms with Gasteiger partial charge in [-0.3, -0.25) is 9.59 Å². The number of imidazole rings is 1. The van der Waals surface area contributed by atoms with Crippen LogP contribution < -0.4 is 14.4 Å². The van der Waals surface area contributed by atoms with E-state index in [1.165, 1.54) is 41.3 Å². The van der Waals surface area contributed by atoms with Crippen LogP contribution in [0.15, 0.2) is 55.0 Å². The summed E-state index contributed by atoms with van der Waals surface area (Å²) in [5, 5.41) is 11.6. The van der Waals surface area contributed by atoms with E-state index in [-0.39, 0.29) is 48.0 Å². The van der Waals surface area contributed by atoms with E-state index >= 15 is 0 Å². The van der Waals surface area contributed by atoms with Gasteiger partial charge in [-0.25, -0.2) is 9.37 Å². The number of benzene rings is 2. The third-order valence-corrected chi connectivity index (χ3v) is 5.66. The van der Waals surface area contributed by atoms with E-state index in [4.69, 9.17) is 9.44 Å². The van der Waals surface area contributed by atoms with Crippen LogP contribution in [0.4, 0.5) is 10.1 Å². The number of hydrogen-bond acceptors (Lipinski definition) is 7. The van der Waals surface area contributed by atoms with Crippen molar-refractivity contribution in [3.63, 3.8) is 0 Å². The van der Waals surface area contributed by atoms with E-state index in [1.807, 2.05) is 11.6 Å². The highest BCUT2D eigenvalue weighted by Gasteiger charge is 2.19. The first-order chi connectivity index (χ1) is 17.1. The summed E-state index contributed by atoms with van der Waals surface area (Å²) in [6, 6.07) is 11.3. The summed E-state index contributed by atoms with van der Waals surface area (Å²) in [5.74, 6) is -1.63. The number of carbonyl (C=O) groups is 2. The maximum atomic E-state index is 14.3. The predicted octanol–water partition coefficient (Wildman–Crippen LogP) is 2.17. The van der Waals surface area contributed by atoms with Gasteiger partial charge in [0.15, 0.2) is 0 Å². The molecule has 10 nitrogen and oxygen atoms in total. The minimum atomic E-state index is -3.75. The summed E-state index contributed by atoms with van der Waals surface area (Å²) in [7, 11) is -1.93. The number of nitrogens with one attached hydrogen (secondary N) is 1. The minimum Gasteiger partial charge on any atom is -0.383 e. The van der Waals surface area contributed by atoms with Crippen molar-refractivity contribution in [1.29, 1.82) is 5.26 Å². The zero-order valence-corrected chi connectivity index (χ0v) is 20.5. The molecule has 1 N–H and O–H groups in total. The molecule has 0 aliphatic carbocycles. The molecule has 0 aliphatic rings. The quantitative estimate of drug-likeness (QED) is 0.411. The third kappa shape index (κ3) is 7.13. The topological polar surface area (TPSA) is 134 Å². The Morgan fingerprint density at radius 2 is 2.03 bits per heavy atom. The number of anilines is 1. The Kier molecular flexibility index (Phi) is 8.39. The Hall–Kier alpha value is -4.24. The lowest BCUT2D eigenvalue weighted by Crippen LogP contribution is -2.36. The molecule has 188 valence electrons. The van der Waals surface area contributed by atoms with E-state index < -0.39 is 21.8 Å². The number of amides is 2. The second-order valence-electron chi connectivity index (χ2n) is 7.89. The molecule has 0 radical (unpaired) electrons. The van der Waals surface area contributed by atoms with Crippen molar-refractivity contribution in [2.24, 2.45) is 7.05 Å². The van der Waals surface area contributed by atoms with Gasteiger partial charge in [0, 0.05) is 56.1 Å². The third-order valence-electron chi connectivity index (χ3n) is 5.16. The fraction of sp³-hybridized carbons (Fsp3) is 0.250. The zero-order chi connectivity index (χ0) is 26.3. The van der Waals surface area contributed by atoms with E-state index in [9.17, 15) is 22.4 Å². The van der Waals surface area contributed by atoms with Crippen LogP contribution in [0.2, 0.25) is 0 Å². The van der Waals surface area contributed by atoms with Crippen molar-refractivity contribution in [2.45, 2.75) is 12.8 Å². The molecule has 1 aromatic heterocycles. The van der Waals surface area contributed by atoms with E-state index in [1.54, 1.807) is 18.6 Å². The normalized spacial score (nSPS) is 10.9. The number of nitrogens with zero attached hydrogens (tertiary/aromatic N) is 4. The SMILES string of the molecule is Cn1cncc1CCN(C(=O)CCNC(=O)c1cccc(OS(C)(=O)=O)c1)c1ccc(C#N)c(F)c1. The number of carbonyl (C=O) groups excluding carboxylic acids is 2. The van der Waals surface area contributed by atoms with Crippen LogP contribution in [0.25, 0.3) is 0 Å². The Bertz CT molecular complexity index is 1410. The highest BCUT2D eigenvalue weighted by atomic mass is 32.2. The summed E-state index contributed by atoms with van der Waals surface area (Å²) in [5.41, 5.74) is 1.18. The lowest BCUT2D eigenvalue weighted by Gasteiger charge is -2.23. The standard InChI is InChI=1S/C24H24FN5O5S/c1-29-16-27-15-20(29)9-11-30(19-7-6-18(14-26)22(25)13-19)23(31)8-10-28-24(32)17-4-3-5-21(12-17)35-36(2,33)34/h3-7,12-13,15-16H,8-11H2,1-2H3,(H,28,32). The molecule has 0 unspecified atom stereocenters. The summed E-state index contributed by atoms with van der Waals surface area (Å²) in [4.78, 5) is 31.0. The van der Waals surface area contributed by atoms with Crippen molar-refractivity contribution in [2.75, 3.05) is 24.2 Å². The van der Waals surface area contributed by atoms with Crippen LogP contribution in [0.5, 0.6) is 5.75 Å². The number of nitriles is 1. The predicted molar refractivity (Wildman–Crippen MR) is 129 cm³/mol. The van der Waals surface area contributed by atoms with Gasteiger partial charge in [-0.2, -0.15) is 13.7 Å². The maximum absolute atomic E-state index is 14.3. The lowest BCUT2D eigenvalue weighted by atomic mass is 10.1.